The Bertz CT molecular complexity index is 6260. The molecule has 0 saturated carbocycles. The lowest BCUT2D eigenvalue weighted by Gasteiger charge is -2.12. The van der Waals surface area contributed by atoms with Crippen molar-refractivity contribution in [3.63, 3.8) is 0 Å². The SMILES string of the molecule is c1ccc(-c2ccc(-c3cccc(-c4ncc5c6ccccc6c6cnc(-c7cc(-c8ccc(-c9cccc(-c%10ncc%11c%12ccccc%12c%12cnc(-c%13ccc%14oc%15ccccc%15c%14c%13)nc%12c%11n%10)c9)cc8)c8oc9ccccc9c8c7)nc6c5n4)c3)cc2)cc1. The molecule has 0 N–H and O–H groups in total. The van der Waals surface area contributed by atoms with Gasteiger partial charge in [0.25, 0.3) is 0 Å². The van der Waals surface area contributed by atoms with Gasteiger partial charge in [0, 0.05) is 95.7 Å². The standard InChI is InChI=1S/C82H46N8O2/c1-2-14-47(15-3-1)48-28-30-49(31-29-48)52-16-12-18-54(38-52)80-84-44-68-60-22-6-7-23-61(60)70-46-86-82(90-77(70)76(68)88-80)57-41-64(78-66(42-57)63-25-9-11-27-72(63)92-78)51-34-32-50(33-35-51)53-17-13-19-55(39-53)79-83-43-67-58-20-4-5-21-59(58)69-45-85-81(89-75(69)74(67)87-79)56-36-37-73-65(40-56)62-24-8-10-26-71(62)91-73/h1-46H. The van der Waals surface area contributed by atoms with E-state index in [0.717, 1.165) is 165 Å². The molecule has 10 nitrogen and oxygen atoms in total. The summed E-state index contributed by atoms with van der Waals surface area (Å²) in [6.45, 7) is 0. The Hall–Kier alpha value is -12.7. The van der Waals surface area contributed by atoms with Crippen molar-refractivity contribution in [3.05, 3.63) is 280 Å². The zero-order valence-electron chi connectivity index (χ0n) is 49.0. The molecule has 19 rings (SSSR count). The summed E-state index contributed by atoms with van der Waals surface area (Å²) in [5.41, 5.74) is 18.3. The monoisotopic (exact) mass is 1170 g/mol. The molecule has 19 aromatic rings. The molecule has 92 heavy (non-hydrogen) atoms. The van der Waals surface area contributed by atoms with Crippen LogP contribution in [-0.2, 0) is 0 Å². The molecule has 0 atom stereocenters. The first kappa shape index (κ1) is 51.4. The number of benzene rings is 13. The highest BCUT2D eigenvalue weighted by atomic mass is 16.3. The quantitative estimate of drug-likeness (QED) is 0.136. The second kappa shape index (κ2) is 20.5. The van der Waals surface area contributed by atoms with E-state index in [0.29, 0.717) is 23.3 Å². The topological polar surface area (TPSA) is 129 Å². The van der Waals surface area contributed by atoms with Crippen LogP contribution >= 0.6 is 0 Å². The Kier molecular flexibility index (Phi) is 11.4. The summed E-state index contributed by atoms with van der Waals surface area (Å²) in [7, 11) is 0. The summed E-state index contributed by atoms with van der Waals surface area (Å²) in [6, 6.07) is 88.1. The predicted octanol–water partition coefficient (Wildman–Crippen LogP) is 20.9. The minimum atomic E-state index is 0.572. The Morgan fingerprint density at radius 1 is 0.196 bits per heavy atom. The zero-order chi connectivity index (χ0) is 60.4. The number of nitrogens with zero attached hydrogens (tertiary/aromatic N) is 8. The lowest BCUT2D eigenvalue weighted by molar-refractivity contribution is 0.669. The van der Waals surface area contributed by atoms with E-state index in [1.54, 1.807) is 0 Å². The minimum absolute atomic E-state index is 0.572. The molecule has 0 aliphatic carbocycles. The largest absolute Gasteiger partial charge is 0.456 e. The molecule has 6 aromatic heterocycles. The van der Waals surface area contributed by atoms with Crippen molar-refractivity contribution >= 4 is 109 Å². The average molecular weight is 1180 g/mol. The van der Waals surface area contributed by atoms with Gasteiger partial charge >= 0.3 is 0 Å². The van der Waals surface area contributed by atoms with Crippen LogP contribution in [-0.4, -0.2) is 39.9 Å². The van der Waals surface area contributed by atoms with Crippen LogP contribution in [0.25, 0.3) is 199 Å². The number of rotatable bonds is 8. The molecular weight excluding hydrogens is 1130 g/mol. The average Bonchev–Trinajstić information content (AvgIpc) is 0.832. The van der Waals surface area contributed by atoms with E-state index in [9.17, 15) is 0 Å². The Labute approximate surface area is 524 Å². The van der Waals surface area contributed by atoms with Crippen LogP contribution in [0.3, 0.4) is 0 Å². The molecular formula is C82H46N8O2. The van der Waals surface area contributed by atoms with Crippen molar-refractivity contribution in [2.75, 3.05) is 0 Å². The predicted molar refractivity (Wildman–Crippen MR) is 372 cm³/mol. The first-order valence-electron chi connectivity index (χ1n) is 30.6. The maximum absolute atomic E-state index is 6.75. The molecule has 0 radical (unpaired) electrons. The van der Waals surface area contributed by atoms with Gasteiger partial charge in [-0.05, 0) is 115 Å². The fraction of sp³-hybridized carbons (Fsp3) is 0. The Balaban J connectivity index is 0.688. The second-order valence-electron chi connectivity index (χ2n) is 23.4. The maximum Gasteiger partial charge on any atom is 0.159 e. The molecule has 0 spiro atoms. The second-order valence-corrected chi connectivity index (χ2v) is 23.4. The van der Waals surface area contributed by atoms with Crippen molar-refractivity contribution in [1.82, 2.24) is 39.9 Å². The van der Waals surface area contributed by atoms with Crippen LogP contribution in [0.15, 0.2) is 288 Å². The van der Waals surface area contributed by atoms with Crippen LogP contribution < -0.4 is 0 Å². The lowest BCUT2D eigenvalue weighted by atomic mass is 9.96. The van der Waals surface area contributed by atoms with Crippen LogP contribution in [0.1, 0.15) is 0 Å². The fourth-order valence-corrected chi connectivity index (χ4v) is 13.5. The molecule has 0 aliphatic rings. The van der Waals surface area contributed by atoms with Crippen molar-refractivity contribution in [1.29, 1.82) is 0 Å². The van der Waals surface area contributed by atoms with Gasteiger partial charge in [-0.3, -0.25) is 0 Å². The molecule has 0 saturated heterocycles. The lowest BCUT2D eigenvalue weighted by Crippen LogP contribution is -1.97. The highest BCUT2D eigenvalue weighted by molar-refractivity contribution is 6.24. The third-order valence-electron chi connectivity index (χ3n) is 18.1. The molecule has 0 fully saturated rings. The Morgan fingerprint density at radius 2 is 0.533 bits per heavy atom. The van der Waals surface area contributed by atoms with Gasteiger partial charge in [-0.15, -0.1) is 0 Å². The molecule has 0 unspecified atom stereocenters. The minimum Gasteiger partial charge on any atom is -0.456 e. The molecule has 0 amide bonds. The summed E-state index contributed by atoms with van der Waals surface area (Å²) in [6.07, 6.45) is 7.76. The third-order valence-corrected chi connectivity index (χ3v) is 18.1. The number of hydrogen-bond acceptors (Lipinski definition) is 10. The normalized spacial score (nSPS) is 11.9. The van der Waals surface area contributed by atoms with E-state index < -0.39 is 0 Å². The Morgan fingerprint density at radius 3 is 1.03 bits per heavy atom. The summed E-state index contributed by atoms with van der Waals surface area (Å²) in [4.78, 5) is 41.7. The highest BCUT2D eigenvalue weighted by Crippen LogP contribution is 2.43. The van der Waals surface area contributed by atoms with Crippen LogP contribution in [0.4, 0.5) is 0 Å². The summed E-state index contributed by atoms with van der Waals surface area (Å²) < 4.78 is 12.9. The van der Waals surface area contributed by atoms with E-state index >= 15 is 0 Å². The first-order chi connectivity index (χ1) is 45.5. The van der Waals surface area contributed by atoms with Gasteiger partial charge in [0.2, 0.25) is 0 Å². The number of fused-ring (bicyclic) bond motifs is 18. The summed E-state index contributed by atoms with van der Waals surface area (Å²) in [5.74, 6) is 2.39. The summed E-state index contributed by atoms with van der Waals surface area (Å²) in [5, 5.41) is 11.9. The van der Waals surface area contributed by atoms with E-state index in [2.05, 4.69) is 188 Å². The smallest absolute Gasteiger partial charge is 0.159 e. The van der Waals surface area contributed by atoms with Crippen LogP contribution in [0.2, 0.25) is 0 Å². The van der Waals surface area contributed by atoms with Gasteiger partial charge in [-0.1, -0.05) is 200 Å². The van der Waals surface area contributed by atoms with Crippen molar-refractivity contribution in [3.8, 4) is 90.1 Å². The zero-order valence-corrected chi connectivity index (χ0v) is 49.0. The fourth-order valence-electron chi connectivity index (χ4n) is 13.5. The van der Waals surface area contributed by atoms with Gasteiger partial charge in [0.15, 0.2) is 23.3 Å². The van der Waals surface area contributed by atoms with Gasteiger partial charge in [-0.25, -0.2) is 39.9 Å². The molecule has 13 aromatic carbocycles. The van der Waals surface area contributed by atoms with E-state index in [4.69, 9.17) is 48.7 Å². The van der Waals surface area contributed by atoms with Crippen LogP contribution in [0, 0.1) is 0 Å². The molecule has 0 bridgehead atoms. The number of hydrogen-bond donors (Lipinski definition) is 0. The van der Waals surface area contributed by atoms with Crippen molar-refractivity contribution in [2.24, 2.45) is 0 Å². The molecule has 0 aliphatic heterocycles. The van der Waals surface area contributed by atoms with Gasteiger partial charge in [0.05, 0.1) is 0 Å². The first-order valence-corrected chi connectivity index (χ1v) is 30.6. The summed E-state index contributed by atoms with van der Waals surface area (Å²) >= 11 is 0. The van der Waals surface area contributed by atoms with E-state index in [-0.39, 0.29) is 0 Å². The van der Waals surface area contributed by atoms with E-state index in [1.807, 2.05) is 91.5 Å². The number of aromatic nitrogens is 8. The van der Waals surface area contributed by atoms with Crippen molar-refractivity contribution < 1.29 is 8.83 Å². The third kappa shape index (κ3) is 8.35. The molecule has 6 heterocycles. The number of para-hydroxylation sites is 2. The van der Waals surface area contributed by atoms with Gasteiger partial charge in [0.1, 0.15) is 44.4 Å². The highest BCUT2D eigenvalue weighted by Gasteiger charge is 2.22. The van der Waals surface area contributed by atoms with Gasteiger partial charge < -0.3 is 8.83 Å². The molecule has 426 valence electrons. The van der Waals surface area contributed by atoms with Crippen molar-refractivity contribution in [2.45, 2.75) is 0 Å². The number of furan rings is 2. The van der Waals surface area contributed by atoms with Gasteiger partial charge in [-0.2, -0.15) is 0 Å². The van der Waals surface area contributed by atoms with E-state index in [1.165, 1.54) is 11.1 Å². The van der Waals surface area contributed by atoms with Crippen LogP contribution in [0.5, 0.6) is 0 Å². The molecule has 10 heteroatoms. The maximum atomic E-state index is 6.75.